The first kappa shape index (κ1) is 23.1. The van der Waals surface area contributed by atoms with E-state index in [2.05, 4.69) is 10.6 Å². The molecule has 2 N–H and O–H groups in total. The maximum atomic E-state index is 13.0. The van der Waals surface area contributed by atoms with Gasteiger partial charge in [-0.2, -0.15) is 0 Å². The Morgan fingerprint density at radius 3 is 2.26 bits per heavy atom. The molecule has 0 spiro atoms. The van der Waals surface area contributed by atoms with Crippen LogP contribution in [0.25, 0.3) is 0 Å². The molecule has 34 heavy (non-hydrogen) atoms. The van der Waals surface area contributed by atoms with Crippen molar-refractivity contribution >= 4 is 17.5 Å². The van der Waals surface area contributed by atoms with Gasteiger partial charge in [0.2, 0.25) is 5.91 Å². The summed E-state index contributed by atoms with van der Waals surface area (Å²) in [6.07, 6.45) is 3.08. The molecule has 1 heterocycles. The van der Waals surface area contributed by atoms with Crippen LogP contribution in [0.2, 0.25) is 0 Å². The minimum atomic E-state index is -0.888. The molecule has 1 aliphatic heterocycles. The largest absolute Gasteiger partial charge is 0.488 e. The van der Waals surface area contributed by atoms with Crippen LogP contribution < -0.4 is 15.4 Å². The van der Waals surface area contributed by atoms with Crippen LogP contribution in [0.3, 0.4) is 0 Å². The van der Waals surface area contributed by atoms with Gasteiger partial charge in [0, 0.05) is 12.1 Å². The molecule has 0 bridgehead atoms. The van der Waals surface area contributed by atoms with Crippen LogP contribution in [-0.2, 0) is 25.7 Å². The molecule has 174 valence electrons. The van der Waals surface area contributed by atoms with E-state index in [-0.39, 0.29) is 18.4 Å². The number of nitrogens with one attached hydrogen (secondary N) is 2. The summed E-state index contributed by atoms with van der Waals surface area (Å²) in [4.78, 5) is 25.5. The van der Waals surface area contributed by atoms with Gasteiger partial charge in [0.05, 0.1) is 19.5 Å². The number of anilines is 1. The zero-order valence-corrected chi connectivity index (χ0v) is 18.6. The van der Waals surface area contributed by atoms with Crippen molar-refractivity contribution in [3.8, 4) is 11.5 Å². The van der Waals surface area contributed by atoms with Crippen LogP contribution in [0.15, 0.2) is 97.3 Å². The smallest absolute Gasteiger partial charge is 0.262 e. The van der Waals surface area contributed by atoms with Gasteiger partial charge in [-0.1, -0.05) is 48.5 Å². The van der Waals surface area contributed by atoms with Crippen LogP contribution in [0.4, 0.5) is 5.69 Å². The second-order valence-electron chi connectivity index (χ2n) is 7.72. The number of hydrogen-bond donors (Lipinski definition) is 2. The molecule has 2 unspecified atom stereocenters. The molecule has 7 heteroatoms. The molecule has 4 rings (SSSR count). The first-order valence-corrected chi connectivity index (χ1v) is 11.0. The van der Waals surface area contributed by atoms with Crippen molar-refractivity contribution in [2.45, 2.75) is 25.2 Å². The fraction of sp³-hybridized carbons (Fsp3) is 0.185. The van der Waals surface area contributed by atoms with E-state index in [4.69, 9.17) is 14.2 Å². The van der Waals surface area contributed by atoms with Crippen molar-refractivity contribution in [2.24, 2.45) is 0 Å². The highest BCUT2D eigenvalue weighted by Gasteiger charge is 2.27. The van der Waals surface area contributed by atoms with E-state index in [1.165, 1.54) is 6.26 Å². The molecule has 0 radical (unpaired) electrons. The van der Waals surface area contributed by atoms with Gasteiger partial charge < -0.3 is 24.8 Å². The summed E-state index contributed by atoms with van der Waals surface area (Å²) in [7, 11) is 0. The molecule has 0 fully saturated rings. The van der Waals surface area contributed by atoms with Gasteiger partial charge >= 0.3 is 0 Å². The Bertz CT molecular complexity index is 1090. The molecular formula is C27H26N2O5. The van der Waals surface area contributed by atoms with Gasteiger partial charge in [0.25, 0.3) is 5.91 Å². The third-order valence-corrected chi connectivity index (χ3v) is 5.11. The van der Waals surface area contributed by atoms with Gasteiger partial charge in [0.15, 0.2) is 6.10 Å². The standard InChI is InChI=1S/C27H26N2O5/c30-26(28-21-13-15-23(16-14-21)34-22-10-5-2-6-11-22)24(29-27(31)25-12-7-17-33-25)19-32-18-20-8-3-1-4-9-20/h1-11,13-17,24-25H,12,18-19H2,(H,28,30)(H,29,31). The monoisotopic (exact) mass is 458 g/mol. The van der Waals surface area contributed by atoms with Gasteiger partial charge in [-0.05, 0) is 48.0 Å². The highest BCUT2D eigenvalue weighted by atomic mass is 16.5. The van der Waals surface area contributed by atoms with Crippen molar-refractivity contribution in [3.05, 3.63) is 103 Å². The maximum absolute atomic E-state index is 13.0. The normalized spacial score (nSPS) is 15.2. The molecule has 3 aromatic rings. The second kappa shape index (κ2) is 11.7. The molecule has 0 saturated carbocycles. The van der Waals surface area contributed by atoms with E-state index >= 15 is 0 Å². The minimum absolute atomic E-state index is 0.0157. The van der Waals surface area contributed by atoms with Crippen molar-refractivity contribution in [1.82, 2.24) is 5.32 Å². The third kappa shape index (κ3) is 6.70. The van der Waals surface area contributed by atoms with Crippen molar-refractivity contribution < 1.29 is 23.8 Å². The SMILES string of the molecule is O=C(Nc1ccc(Oc2ccccc2)cc1)C(COCc1ccccc1)NC(=O)C1CC=CO1. The van der Waals surface area contributed by atoms with E-state index in [9.17, 15) is 9.59 Å². The highest BCUT2D eigenvalue weighted by Crippen LogP contribution is 2.22. The Kier molecular flexibility index (Phi) is 7.92. The third-order valence-electron chi connectivity index (χ3n) is 5.11. The summed E-state index contributed by atoms with van der Waals surface area (Å²) in [5.74, 6) is 0.622. The predicted octanol–water partition coefficient (Wildman–Crippen LogP) is 4.42. The lowest BCUT2D eigenvalue weighted by atomic mass is 10.2. The van der Waals surface area contributed by atoms with Gasteiger partial charge in [-0.25, -0.2) is 0 Å². The Hall–Kier alpha value is -4.10. The van der Waals surface area contributed by atoms with E-state index in [1.807, 2.05) is 60.7 Å². The molecule has 0 saturated heterocycles. The number of amides is 2. The summed E-state index contributed by atoms with van der Waals surface area (Å²) in [6.45, 7) is 0.343. The van der Waals surface area contributed by atoms with Crippen molar-refractivity contribution in [2.75, 3.05) is 11.9 Å². The molecule has 7 nitrogen and oxygen atoms in total. The van der Waals surface area contributed by atoms with Crippen LogP contribution in [-0.4, -0.2) is 30.6 Å². The molecule has 3 aromatic carbocycles. The lowest BCUT2D eigenvalue weighted by Crippen LogP contribution is -2.49. The Labute approximate surface area is 198 Å². The predicted molar refractivity (Wildman–Crippen MR) is 128 cm³/mol. The average molecular weight is 459 g/mol. The van der Waals surface area contributed by atoms with E-state index in [0.717, 1.165) is 11.3 Å². The summed E-state index contributed by atoms with van der Waals surface area (Å²) in [5, 5.41) is 5.58. The van der Waals surface area contributed by atoms with Crippen molar-refractivity contribution in [1.29, 1.82) is 0 Å². The fourth-order valence-corrected chi connectivity index (χ4v) is 3.33. The maximum Gasteiger partial charge on any atom is 0.262 e. The van der Waals surface area contributed by atoms with Crippen LogP contribution in [0, 0.1) is 0 Å². The van der Waals surface area contributed by atoms with Gasteiger partial charge in [-0.15, -0.1) is 0 Å². The number of benzene rings is 3. The molecule has 2 amide bonds. The van der Waals surface area contributed by atoms with Gasteiger partial charge in [-0.3, -0.25) is 9.59 Å². The second-order valence-corrected chi connectivity index (χ2v) is 7.72. The lowest BCUT2D eigenvalue weighted by Gasteiger charge is -2.20. The lowest BCUT2D eigenvalue weighted by molar-refractivity contribution is -0.133. The first-order valence-electron chi connectivity index (χ1n) is 11.0. The summed E-state index contributed by atoms with van der Waals surface area (Å²) >= 11 is 0. The number of ether oxygens (including phenoxy) is 3. The number of carbonyl (C=O) groups excluding carboxylic acids is 2. The molecular weight excluding hydrogens is 432 g/mol. The molecule has 0 aromatic heterocycles. The number of para-hydroxylation sites is 1. The highest BCUT2D eigenvalue weighted by molar-refractivity contribution is 5.98. The topological polar surface area (TPSA) is 85.9 Å². The average Bonchev–Trinajstić information content (AvgIpc) is 3.41. The number of hydrogen-bond acceptors (Lipinski definition) is 5. The summed E-state index contributed by atoms with van der Waals surface area (Å²) in [5.41, 5.74) is 1.55. The van der Waals surface area contributed by atoms with Crippen LogP contribution >= 0.6 is 0 Å². The fourth-order valence-electron chi connectivity index (χ4n) is 3.33. The summed E-state index contributed by atoms with van der Waals surface area (Å²) in [6, 6.07) is 25.2. The van der Waals surface area contributed by atoms with Gasteiger partial charge in [0.1, 0.15) is 17.5 Å². The molecule has 2 atom stereocenters. The van der Waals surface area contributed by atoms with E-state index in [0.29, 0.717) is 24.5 Å². The zero-order chi connectivity index (χ0) is 23.6. The number of carbonyl (C=O) groups is 2. The molecule has 0 aliphatic carbocycles. The Morgan fingerprint density at radius 2 is 1.59 bits per heavy atom. The van der Waals surface area contributed by atoms with Crippen LogP contribution in [0.5, 0.6) is 11.5 Å². The van der Waals surface area contributed by atoms with E-state index in [1.54, 1.807) is 30.3 Å². The number of rotatable bonds is 10. The Morgan fingerprint density at radius 1 is 0.912 bits per heavy atom. The quantitative estimate of drug-likeness (QED) is 0.470. The first-order chi connectivity index (χ1) is 16.7. The minimum Gasteiger partial charge on any atom is -0.488 e. The van der Waals surface area contributed by atoms with Crippen molar-refractivity contribution in [3.63, 3.8) is 0 Å². The molecule has 1 aliphatic rings. The van der Waals surface area contributed by atoms with Crippen LogP contribution in [0.1, 0.15) is 12.0 Å². The summed E-state index contributed by atoms with van der Waals surface area (Å²) < 4.78 is 16.8. The van der Waals surface area contributed by atoms with E-state index < -0.39 is 12.1 Å². The Balaban J connectivity index is 1.36. The zero-order valence-electron chi connectivity index (χ0n) is 18.6.